The van der Waals surface area contributed by atoms with Crippen molar-refractivity contribution in [3.63, 3.8) is 0 Å². The predicted octanol–water partition coefficient (Wildman–Crippen LogP) is 1.26. The molecule has 20 heavy (non-hydrogen) atoms. The van der Waals surface area contributed by atoms with Gasteiger partial charge in [0.05, 0.1) is 6.61 Å². The van der Waals surface area contributed by atoms with Crippen molar-refractivity contribution < 1.29 is 19.4 Å². The molecule has 0 saturated heterocycles. The second-order valence-corrected chi connectivity index (χ2v) is 5.94. The van der Waals surface area contributed by atoms with E-state index in [1.54, 1.807) is 11.9 Å². The molecule has 2 aliphatic rings. The van der Waals surface area contributed by atoms with Crippen LogP contribution in [-0.2, 0) is 9.53 Å². The molecule has 0 aromatic heterocycles. The molecular formula is C14H24N2O4. The smallest absolute Gasteiger partial charge is 0.323 e. The van der Waals surface area contributed by atoms with Gasteiger partial charge in [-0.15, -0.1) is 0 Å². The maximum atomic E-state index is 12.2. The Labute approximate surface area is 119 Å². The number of nitrogens with zero attached hydrogens (tertiary/aromatic N) is 2. The van der Waals surface area contributed by atoms with E-state index in [0.717, 1.165) is 25.4 Å². The minimum absolute atomic E-state index is 0.214. The summed E-state index contributed by atoms with van der Waals surface area (Å²) in [5, 5.41) is 8.89. The Balaban J connectivity index is 1.70. The van der Waals surface area contributed by atoms with Crippen LogP contribution in [-0.4, -0.2) is 66.8 Å². The fraction of sp³-hybridized carbons (Fsp3) is 0.857. The van der Waals surface area contributed by atoms with Gasteiger partial charge in [0.1, 0.15) is 6.54 Å². The lowest BCUT2D eigenvalue weighted by Gasteiger charge is -2.27. The van der Waals surface area contributed by atoms with Crippen LogP contribution in [0.15, 0.2) is 0 Å². The molecule has 6 heteroatoms. The topological polar surface area (TPSA) is 70.1 Å². The number of ether oxygens (including phenoxy) is 1. The monoisotopic (exact) mass is 284 g/mol. The first kappa shape index (κ1) is 15.1. The molecule has 0 atom stereocenters. The van der Waals surface area contributed by atoms with Gasteiger partial charge in [0.25, 0.3) is 0 Å². The maximum absolute atomic E-state index is 12.2. The van der Waals surface area contributed by atoms with Gasteiger partial charge in [-0.3, -0.25) is 4.79 Å². The van der Waals surface area contributed by atoms with Gasteiger partial charge in [0.2, 0.25) is 0 Å². The third-order valence-corrected chi connectivity index (χ3v) is 3.72. The van der Waals surface area contributed by atoms with E-state index in [-0.39, 0.29) is 12.6 Å². The Hall–Kier alpha value is -1.30. The number of carboxylic acids is 1. The van der Waals surface area contributed by atoms with Crippen molar-refractivity contribution in [2.75, 3.05) is 39.9 Å². The molecule has 0 radical (unpaired) electrons. The van der Waals surface area contributed by atoms with Gasteiger partial charge in [-0.2, -0.15) is 0 Å². The molecule has 0 bridgehead atoms. The first-order valence-electron chi connectivity index (χ1n) is 7.36. The number of amides is 2. The Morgan fingerprint density at radius 3 is 2.40 bits per heavy atom. The van der Waals surface area contributed by atoms with E-state index in [2.05, 4.69) is 0 Å². The van der Waals surface area contributed by atoms with Crippen molar-refractivity contribution in [3.8, 4) is 0 Å². The number of carbonyl (C=O) groups excluding carboxylic acids is 1. The zero-order chi connectivity index (χ0) is 14.5. The molecule has 2 amide bonds. The highest BCUT2D eigenvalue weighted by Crippen LogP contribution is 2.30. The van der Waals surface area contributed by atoms with Crippen molar-refractivity contribution >= 4 is 12.0 Å². The van der Waals surface area contributed by atoms with E-state index in [1.807, 2.05) is 0 Å². The zero-order valence-electron chi connectivity index (χ0n) is 12.1. The van der Waals surface area contributed by atoms with Gasteiger partial charge in [-0.05, 0) is 37.5 Å². The lowest BCUT2D eigenvalue weighted by atomic mass is 10.3. The Morgan fingerprint density at radius 1 is 1.20 bits per heavy atom. The molecule has 0 aliphatic heterocycles. The summed E-state index contributed by atoms with van der Waals surface area (Å²) >= 11 is 0. The summed E-state index contributed by atoms with van der Waals surface area (Å²) in [6.07, 6.45) is 4.69. The quantitative estimate of drug-likeness (QED) is 0.647. The van der Waals surface area contributed by atoms with Crippen molar-refractivity contribution in [2.24, 2.45) is 11.8 Å². The zero-order valence-corrected chi connectivity index (χ0v) is 12.1. The van der Waals surface area contributed by atoms with E-state index in [1.165, 1.54) is 17.7 Å². The molecule has 2 fully saturated rings. The van der Waals surface area contributed by atoms with E-state index in [0.29, 0.717) is 25.6 Å². The largest absolute Gasteiger partial charge is 0.480 e. The van der Waals surface area contributed by atoms with Crippen LogP contribution in [0.4, 0.5) is 4.79 Å². The number of carbonyl (C=O) groups is 2. The van der Waals surface area contributed by atoms with E-state index >= 15 is 0 Å². The Bertz CT molecular complexity index is 353. The molecule has 1 N–H and O–H groups in total. The number of hydrogen-bond acceptors (Lipinski definition) is 3. The highest BCUT2D eigenvalue weighted by atomic mass is 16.5. The standard InChI is InChI=1S/C14H24N2O4/c1-15(6-7-20-10-12-4-5-12)14(19)16(9-13(17)18)8-11-2-3-11/h11-12H,2-10H2,1H3,(H,17,18). The van der Waals surface area contributed by atoms with Crippen LogP contribution in [0.1, 0.15) is 25.7 Å². The van der Waals surface area contributed by atoms with Crippen LogP contribution in [0, 0.1) is 11.8 Å². The van der Waals surface area contributed by atoms with E-state index in [4.69, 9.17) is 9.84 Å². The van der Waals surface area contributed by atoms with Crippen LogP contribution in [0.2, 0.25) is 0 Å². The van der Waals surface area contributed by atoms with Crippen LogP contribution in [0.5, 0.6) is 0 Å². The summed E-state index contributed by atoms with van der Waals surface area (Å²) < 4.78 is 5.50. The van der Waals surface area contributed by atoms with Gasteiger partial charge < -0.3 is 19.6 Å². The van der Waals surface area contributed by atoms with E-state index in [9.17, 15) is 9.59 Å². The lowest BCUT2D eigenvalue weighted by molar-refractivity contribution is -0.137. The van der Waals surface area contributed by atoms with Crippen LogP contribution in [0.3, 0.4) is 0 Å². The number of rotatable bonds is 9. The van der Waals surface area contributed by atoms with Crippen molar-refractivity contribution in [2.45, 2.75) is 25.7 Å². The second kappa shape index (κ2) is 6.92. The highest BCUT2D eigenvalue weighted by Gasteiger charge is 2.29. The van der Waals surface area contributed by atoms with Gasteiger partial charge in [-0.25, -0.2) is 4.79 Å². The maximum Gasteiger partial charge on any atom is 0.323 e. The third-order valence-electron chi connectivity index (χ3n) is 3.72. The summed E-state index contributed by atoms with van der Waals surface area (Å²) in [6.45, 7) is 2.14. The first-order valence-corrected chi connectivity index (χ1v) is 7.36. The number of aliphatic carboxylic acids is 1. The summed E-state index contributed by atoms with van der Waals surface area (Å²) in [4.78, 5) is 26.0. The number of carboxylic acid groups (broad SMARTS) is 1. The Kier molecular flexibility index (Phi) is 5.23. The van der Waals surface area contributed by atoms with Gasteiger partial charge >= 0.3 is 12.0 Å². The Morgan fingerprint density at radius 2 is 1.85 bits per heavy atom. The number of urea groups is 1. The molecule has 0 spiro atoms. The van der Waals surface area contributed by atoms with E-state index < -0.39 is 5.97 Å². The summed E-state index contributed by atoms with van der Waals surface area (Å²) in [5.41, 5.74) is 0. The fourth-order valence-electron chi connectivity index (χ4n) is 2.06. The fourth-order valence-corrected chi connectivity index (χ4v) is 2.06. The molecule has 0 heterocycles. The summed E-state index contributed by atoms with van der Waals surface area (Å²) in [6, 6.07) is -0.214. The summed E-state index contributed by atoms with van der Waals surface area (Å²) in [7, 11) is 1.70. The molecule has 2 aliphatic carbocycles. The average Bonchev–Trinajstić information content (AvgIpc) is 3.26. The third kappa shape index (κ3) is 5.36. The van der Waals surface area contributed by atoms with Crippen molar-refractivity contribution in [1.82, 2.24) is 9.80 Å². The molecule has 0 unspecified atom stereocenters. The number of hydrogen-bond donors (Lipinski definition) is 1. The molecule has 6 nitrogen and oxygen atoms in total. The molecule has 0 aromatic rings. The predicted molar refractivity (Wildman–Crippen MR) is 73.5 cm³/mol. The molecular weight excluding hydrogens is 260 g/mol. The molecule has 0 aromatic carbocycles. The first-order chi connectivity index (χ1) is 9.56. The van der Waals surface area contributed by atoms with Gasteiger partial charge in [-0.1, -0.05) is 0 Å². The molecule has 2 saturated carbocycles. The highest BCUT2D eigenvalue weighted by molar-refractivity contribution is 5.80. The van der Waals surface area contributed by atoms with Crippen molar-refractivity contribution in [3.05, 3.63) is 0 Å². The minimum atomic E-state index is -0.961. The van der Waals surface area contributed by atoms with Gasteiger partial charge in [0, 0.05) is 26.7 Å². The van der Waals surface area contributed by atoms with Crippen LogP contribution < -0.4 is 0 Å². The second-order valence-electron chi connectivity index (χ2n) is 5.94. The SMILES string of the molecule is CN(CCOCC1CC1)C(=O)N(CC(=O)O)CC1CC1. The lowest BCUT2D eigenvalue weighted by Crippen LogP contribution is -2.45. The normalized spacial score (nSPS) is 17.9. The average molecular weight is 284 g/mol. The summed E-state index contributed by atoms with van der Waals surface area (Å²) in [5.74, 6) is 0.240. The van der Waals surface area contributed by atoms with Gasteiger partial charge in [0.15, 0.2) is 0 Å². The van der Waals surface area contributed by atoms with Crippen LogP contribution in [0.25, 0.3) is 0 Å². The van der Waals surface area contributed by atoms with Crippen molar-refractivity contribution in [1.29, 1.82) is 0 Å². The number of likely N-dealkylation sites (N-methyl/N-ethyl adjacent to an activating group) is 1. The minimum Gasteiger partial charge on any atom is -0.480 e. The molecule has 114 valence electrons. The molecule has 2 rings (SSSR count). The van der Waals surface area contributed by atoms with Crippen LogP contribution >= 0.6 is 0 Å².